The van der Waals surface area contributed by atoms with Crippen molar-refractivity contribution in [3.63, 3.8) is 0 Å². The van der Waals surface area contributed by atoms with E-state index in [-0.39, 0.29) is 0 Å². The second-order valence-electron chi connectivity index (χ2n) is 6.14. The molecule has 1 aliphatic heterocycles. The minimum absolute atomic E-state index is 0.652. The topological polar surface area (TPSA) is 32.6 Å². The summed E-state index contributed by atoms with van der Waals surface area (Å²) < 4.78 is 2.32. The zero-order valence-electron chi connectivity index (χ0n) is 12.0. The van der Waals surface area contributed by atoms with Crippen LogP contribution in [0.3, 0.4) is 0 Å². The highest BCUT2D eigenvalue weighted by Gasteiger charge is 2.31. The van der Waals surface area contributed by atoms with E-state index < -0.39 is 0 Å². The van der Waals surface area contributed by atoms with Crippen LogP contribution in [-0.2, 0) is 6.54 Å². The van der Waals surface area contributed by atoms with E-state index in [0.29, 0.717) is 6.04 Å². The van der Waals surface area contributed by atoms with E-state index in [4.69, 9.17) is 4.98 Å². The molecule has 1 saturated heterocycles. The van der Waals surface area contributed by atoms with Crippen LogP contribution < -0.4 is 5.32 Å². The first kappa shape index (κ1) is 12.8. The van der Waals surface area contributed by atoms with Crippen molar-refractivity contribution in [3.8, 4) is 0 Å². The molecule has 1 atom stereocenters. The molecule has 0 amide bonds. The average Bonchev–Trinajstić information content (AvgIpc) is 3.12. The number of likely N-dealkylation sites (tertiary alicyclic amines) is 1. The Labute approximate surface area is 123 Å². The minimum atomic E-state index is 0.652. The van der Waals surface area contributed by atoms with Crippen LogP contribution in [0, 0.1) is 0 Å². The summed E-state index contributed by atoms with van der Waals surface area (Å²) in [6.07, 6.45) is 7.46. The van der Waals surface area contributed by atoms with Gasteiger partial charge in [-0.05, 0) is 39.3 Å². The molecular formula is C15H22N4S. The Morgan fingerprint density at radius 2 is 2.30 bits per heavy atom. The lowest BCUT2D eigenvalue weighted by Crippen LogP contribution is -2.44. The van der Waals surface area contributed by atoms with Crippen LogP contribution >= 0.6 is 11.3 Å². The predicted octanol–water partition coefficient (Wildman–Crippen LogP) is 2.46. The molecule has 20 heavy (non-hydrogen) atoms. The minimum Gasteiger partial charge on any atom is -0.316 e. The number of fused-ring (bicyclic) bond motifs is 1. The fourth-order valence-electron chi connectivity index (χ4n) is 3.34. The Morgan fingerprint density at radius 3 is 3.10 bits per heavy atom. The van der Waals surface area contributed by atoms with Crippen molar-refractivity contribution in [2.24, 2.45) is 0 Å². The van der Waals surface area contributed by atoms with E-state index in [1.165, 1.54) is 48.6 Å². The van der Waals surface area contributed by atoms with Gasteiger partial charge >= 0.3 is 0 Å². The van der Waals surface area contributed by atoms with Gasteiger partial charge in [-0.1, -0.05) is 0 Å². The third kappa shape index (κ3) is 2.28. The predicted molar refractivity (Wildman–Crippen MR) is 82.4 cm³/mol. The summed E-state index contributed by atoms with van der Waals surface area (Å²) in [6, 6.07) is 0.652. The molecule has 4 rings (SSSR count). The number of hydrogen-bond acceptors (Lipinski definition) is 4. The molecule has 1 N–H and O–H groups in total. The number of likely N-dealkylation sites (N-methyl/N-ethyl adjacent to an activating group) is 1. The summed E-state index contributed by atoms with van der Waals surface area (Å²) in [7, 11) is 2.08. The molecule has 0 spiro atoms. The standard InChI is InChI=1S/C15H22N4S/c1-16-12-3-2-6-18(9-12)10-13-14(11-4-5-11)17-15-19(13)7-8-20-15/h7-8,11-12,16H,2-6,9-10H2,1H3. The van der Waals surface area contributed by atoms with Gasteiger partial charge in [0.15, 0.2) is 4.96 Å². The first-order valence-electron chi connectivity index (χ1n) is 7.69. The lowest BCUT2D eigenvalue weighted by molar-refractivity contribution is 0.185. The normalized spacial score (nSPS) is 24.6. The van der Waals surface area contributed by atoms with Crippen LogP contribution in [0.2, 0.25) is 0 Å². The van der Waals surface area contributed by atoms with Crippen LogP contribution in [0.5, 0.6) is 0 Å². The zero-order valence-corrected chi connectivity index (χ0v) is 12.8. The number of aromatic nitrogens is 2. The van der Waals surface area contributed by atoms with Crippen molar-refractivity contribution in [3.05, 3.63) is 23.0 Å². The summed E-state index contributed by atoms with van der Waals surface area (Å²) in [6.45, 7) is 3.44. The highest BCUT2D eigenvalue weighted by molar-refractivity contribution is 7.15. The Hall–Kier alpha value is -0.910. The van der Waals surface area contributed by atoms with Gasteiger partial charge in [0.2, 0.25) is 0 Å². The third-order valence-corrected chi connectivity index (χ3v) is 5.40. The summed E-state index contributed by atoms with van der Waals surface area (Å²) in [5.41, 5.74) is 2.82. The first-order chi connectivity index (χ1) is 9.85. The Bertz CT molecular complexity index is 598. The van der Waals surface area contributed by atoms with E-state index in [2.05, 4.69) is 33.2 Å². The molecule has 0 bridgehead atoms. The van der Waals surface area contributed by atoms with Crippen LogP contribution in [-0.4, -0.2) is 40.5 Å². The van der Waals surface area contributed by atoms with Crippen molar-refractivity contribution >= 4 is 16.3 Å². The molecule has 0 aromatic carbocycles. The first-order valence-corrected chi connectivity index (χ1v) is 8.57. The quantitative estimate of drug-likeness (QED) is 0.939. The number of nitrogens with one attached hydrogen (secondary N) is 1. The van der Waals surface area contributed by atoms with Crippen molar-refractivity contribution in [1.82, 2.24) is 19.6 Å². The maximum Gasteiger partial charge on any atom is 0.194 e. The smallest absolute Gasteiger partial charge is 0.194 e. The number of piperidine rings is 1. The van der Waals surface area contributed by atoms with Crippen LogP contribution in [0.1, 0.15) is 43.0 Å². The molecule has 1 saturated carbocycles. The van der Waals surface area contributed by atoms with Crippen molar-refractivity contribution in [2.45, 2.75) is 44.2 Å². The average molecular weight is 290 g/mol. The van der Waals surface area contributed by atoms with Gasteiger partial charge < -0.3 is 5.32 Å². The van der Waals surface area contributed by atoms with Gasteiger partial charge in [-0.25, -0.2) is 4.98 Å². The SMILES string of the molecule is CNC1CCCN(Cc2c(C3CC3)nc3sccn23)C1. The third-order valence-electron chi connectivity index (χ3n) is 4.64. The summed E-state index contributed by atoms with van der Waals surface area (Å²) in [4.78, 5) is 8.64. The maximum atomic E-state index is 4.88. The largest absolute Gasteiger partial charge is 0.316 e. The van der Waals surface area contributed by atoms with Crippen molar-refractivity contribution < 1.29 is 0 Å². The van der Waals surface area contributed by atoms with Gasteiger partial charge in [0.25, 0.3) is 0 Å². The molecule has 2 aromatic rings. The number of imidazole rings is 1. The van der Waals surface area contributed by atoms with Crippen LogP contribution in [0.4, 0.5) is 0 Å². The lowest BCUT2D eigenvalue weighted by Gasteiger charge is -2.32. The number of thiazole rings is 1. The lowest BCUT2D eigenvalue weighted by atomic mass is 10.1. The highest BCUT2D eigenvalue weighted by atomic mass is 32.1. The second kappa shape index (κ2) is 5.13. The molecular weight excluding hydrogens is 268 g/mol. The highest BCUT2D eigenvalue weighted by Crippen LogP contribution is 2.42. The number of rotatable bonds is 4. The molecule has 1 aliphatic carbocycles. The second-order valence-corrected chi connectivity index (χ2v) is 7.01. The fraction of sp³-hybridized carbons (Fsp3) is 0.667. The van der Waals surface area contributed by atoms with Gasteiger partial charge in [0, 0.05) is 36.6 Å². The molecule has 0 radical (unpaired) electrons. The van der Waals surface area contributed by atoms with E-state index in [0.717, 1.165) is 19.0 Å². The van der Waals surface area contributed by atoms with E-state index in [9.17, 15) is 0 Å². The molecule has 4 nitrogen and oxygen atoms in total. The molecule has 1 unspecified atom stereocenters. The summed E-state index contributed by atoms with van der Waals surface area (Å²) >= 11 is 1.76. The molecule has 2 fully saturated rings. The molecule has 3 heterocycles. The van der Waals surface area contributed by atoms with E-state index >= 15 is 0 Å². The van der Waals surface area contributed by atoms with Gasteiger partial charge in [-0.3, -0.25) is 9.30 Å². The Balaban J connectivity index is 1.60. The van der Waals surface area contributed by atoms with Crippen molar-refractivity contribution in [2.75, 3.05) is 20.1 Å². The van der Waals surface area contributed by atoms with E-state index in [1.807, 2.05) is 0 Å². The van der Waals surface area contributed by atoms with Gasteiger partial charge in [-0.15, -0.1) is 11.3 Å². The van der Waals surface area contributed by atoms with Gasteiger partial charge in [-0.2, -0.15) is 0 Å². The van der Waals surface area contributed by atoms with Gasteiger partial charge in [0.1, 0.15) is 0 Å². The number of hydrogen-bond donors (Lipinski definition) is 1. The molecule has 5 heteroatoms. The Kier molecular flexibility index (Phi) is 3.28. The molecule has 108 valence electrons. The van der Waals surface area contributed by atoms with Gasteiger partial charge in [0.05, 0.1) is 11.4 Å². The van der Waals surface area contributed by atoms with Crippen LogP contribution in [0.25, 0.3) is 4.96 Å². The zero-order chi connectivity index (χ0) is 13.5. The fourth-order valence-corrected chi connectivity index (χ4v) is 4.08. The Morgan fingerprint density at radius 1 is 1.40 bits per heavy atom. The monoisotopic (exact) mass is 290 g/mol. The number of nitrogens with zero attached hydrogens (tertiary/aromatic N) is 3. The van der Waals surface area contributed by atoms with E-state index in [1.54, 1.807) is 11.3 Å². The van der Waals surface area contributed by atoms with Crippen molar-refractivity contribution in [1.29, 1.82) is 0 Å². The summed E-state index contributed by atoms with van der Waals surface area (Å²) in [5.74, 6) is 0.738. The molecule has 2 aromatic heterocycles. The maximum absolute atomic E-state index is 4.88. The van der Waals surface area contributed by atoms with Crippen LogP contribution in [0.15, 0.2) is 11.6 Å². The molecule has 2 aliphatic rings. The summed E-state index contributed by atoms with van der Waals surface area (Å²) in [5, 5.41) is 5.58.